The molecule has 0 aromatic heterocycles. The van der Waals surface area contributed by atoms with Gasteiger partial charge in [-0.25, -0.2) is 14.4 Å². The fraction of sp³-hybridized carbons (Fsp3) is 0.158. The lowest BCUT2D eigenvalue weighted by Crippen LogP contribution is -2.72. The average molecular weight is 336 g/mol. The Morgan fingerprint density at radius 1 is 0.640 bits per heavy atom. The molecule has 2 heterocycles. The van der Waals surface area contributed by atoms with Gasteiger partial charge in [0.1, 0.15) is 0 Å². The van der Waals surface area contributed by atoms with Crippen molar-refractivity contribution >= 4 is 23.9 Å². The summed E-state index contributed by atoms with van der Waals surface area (Å²) in [5.41, 5.74) is -2.72. The summed E-state index contributed by atoms with van der Waals surface area (Å²) >= 11 is 0. The van der Waals surface area contributed by atoms with Crippen LogP contribution >= 0.6 is 0 Å². The summed E-state index contributed by atoms with van der Waals surface area (Å²) in [6.45, 7) is 0. The van der Waals surface area contributed by atoms with Crippen molar-refractivity contribution in [2.75, 3.05) is 0 Å². The van der Waals surface area contributed by atoms with Crippen LogP contribution in [0.3, 0.4) is 0 Å². The fourth-order valence-electron chi connectivity index (χ4n) is 3.78. The summed E-state index contributed by atoms with van der Waals surface area (Å²) < 4.78 is 9.23. The predicted molar refractivity (Wildman–Crippen MR) is 82.9 cm³/mol. The Morgan fingerprint density at radius 2 is 1.08 bits per heavy atom. The van der Waals surface area contributed by atoms with E-state index in [2.05, 4.69) is 9.47 Å². The number of hydrogen-bond acceptors (Lipinski definition) is 6. The van der Waals surface area contributed by atoms with Gasteiger partial charge in [-0.15, -0.1) is 0 Å². The van der Waals surface area contributed by atoms with Gasteiger partial charge in [0.15, 0.2) is 0 Å². The Hall–Kier alpha value is -3.28. The van der Waals surface area contributed by atoms with E-state index in [1.807, 2.05) is 0 Å². The van der Waals surface area contributed by atoms with Gasteiger partial charge in [0, 0.05) is 0 Å². The van der Waals surface area contributed by atoms with Crippen molar-refractivity contribution in [1.29, 1.82) is 0 Å². The van der Waals surface area contributed by atoms with Crippen LogP contribution in [0.15, 0.2) is 60.7 Å². The van der Waals surface area contributed by atoms with Crippen molar-refractivity contribution in [2.45, 2.75) is 11.8 Å². The Labute approximate surface area is 142 Å². The summed E-state index contributed by atoms with van der Waals surface area (Å²) in [6, 6.07) is 17.1. The van der Waals surface area contributed by atoms with Gasteiger partial charge in [0.05, 0.1) is 11.8 Å². The molecule has 2 aliphatic heterocycles. The highest BCUT2D eigenvalue weighted by molar-refractivity contribution is 6.31. The van der Waals surface area contributed by atoms with Gasteiger partial charge < -0.3 is 9.47 Å². The van der Waals surface area contributed by atoms with Crippen LogP contribution < -0.4 is 0 Å². The van der Waals surface area contributed by atoms with E-state index in [0.717, 1.165) is 0 Å². The van der Waals surface area contributed by atoms with Gasteiger partial charge in [-0.3, -0.25) is 4.79 Å². The lowest BCUT2D eigenvalue weighted by atomic mass is 9.52. The Bertz CT molecular complexity index is 847. The molecular weight excluding hydrogens is 324 g/mol. The topological polar surface area (TPSA) is 86.7 Å². The second-order valence-electron chi connectivity index (χ2n) is 6.00. The second kappa shape index (κ2) is 5.11. The number of rotatable bonds is 2. The van der Waals surface area contributed by atoms with Crippen molar-refractivity contribution in [3.8, 4) is 0 Å². The first-order chi connectivity index (χ1) is 12.0. The van der Waals surface area contributed by atoms with E-state index in [4.69, 9.17) is 0 Å². The zero-order valence-corrected chi connectivity index (χ0v) is 12.9. The molecule has 0 saturated carbocycles. The standard InChI is InChI=1S/C19H12O6/c20-14-11-18(12-7-3-1-4-8-12,13-9-5-2-6-10-13)19(15(21)24-14)16(22)25-17(19)23/h1-10H,11H2. The van der Waals surface area contributed by atoms with Crippen LogP contribution in [0.25, 0.3) is 0 Å². The number of esters is 4. The zero-order chi connectivity index (χ0) is 17.7. The third kappa shape index (κ3) is 1.73. The van der Waals surface area contributed by atoms with Crippen LogP contribution in [0.5, 0.6) is 0 Å². The van der Waals surface area contributed by atoms with E-state index in [-0.39, 0.29) is 6.42 Å². The van der Waals surface area contributed by atoms with Gasteiger partial charge in [-0.05, 0) is 11.1 Å². The molecule has 0 unspecified atom stereocenters. The maximum Gasteiger partial charge on any atom is 0.344 e. The van der Waals surface area contributed by atoms with Gasteiger partial charge in [0.25, 0.3) is 5.41 Å². The molecular formula is C19H12O6. The summed E-state index contributed by atoms with van der Waals surface area (Å²) in [5.74, 6) is -3.97. The highest BCUT2D eigenvalue weighted by Crippen LogP contribution is 2.57. The molecule has 0 atom stereocenters. The average Bonchev–Trinajstić information content (AvgIpc) is 2.62. The van der Waals surface area contributed by atoms with Crippen LogP contribution in [0.2, 0.25) is 0 Å². The van der Waals surface area contributed by atoms with Gasteiger partial charge in [-0.2, -0.15) is 0 Å². The summed E-state index contributed by atoms with van der Waals surface area (Å²) in [6.07, 6.45) is -0.326. The van der Waals surface area contributed by atoms with Gasteiger partial charge in [0.2, 0.25) is 0 Å². The van der Waals surface area contributed by atoms with Gasteiger partial charge in [-0.1, -0.05) is 60.7 Å². The molecule has 0 aliphatic carbocycles. The third-order valence-corrected chi connectivity index (χ3v) is 4.89. The molecule has 2 aliphatic rings. The largest absolute Gasteiger partial charge is 0.392 e. The molecule has 2 saturated heterocycles. The molecule has 6 heteroatoms. The first kappa shape index (κ1) is 15.3. The third-order valence-electron chi connectivity index (χ3n) is 4.89. The lowest BCUT2D eigenvalue weighted by Gasteiger charge is -2.51. The normalized spacial score (nSPS) is 20.6. The second-order valence-corrected chi connectivity index (χ2v) is 6.00. The molecule has 6 nitrogen and oxygen atoms in total. The first-order valence-corrected chi connectivity index (χ1v) is 7.66. The summed E-state index contributed by atoms with van der Waals surface area (Å²) in [4.78, 5) is 49.7. The molecule has 1 spiro atoms. The molecule has 0 N–H and O–H groups in total. The number of carbonyl (C=O) groups is 4. The molecule has 2 fully saturated rings. The van der Waals surface area contributed by atoms with Crippen LogP contribution in [-0.2, 0) is 34.1 Å². The van der Waals surface area contributed by atoms with E-state index in [1.165, 1.54) is 0 Å². The van der Waals surface area contributed by atoms with E-state index >= 15 is 0 Å². The summed E-state index contributed by atoms with van der Waals surface area (Å²) in [5, 5.41) is 0. The molecule has 0 amide bonds. The van der Waals surface area contributed by atoms with Gasteiger partial charge >= 0.3 is 23.9 Å². The predicted octanol–water partition coefficient (Wildman–Crippen LogP) is 1.52. The maximum absolute atomic E-state index is 12.6. The monoisotopic (exact) mass is 336 g/mol. The highest BCUT2D eigenvalue weighted by Gasteiger charge is 2.80. The van der Waals surface area contributed by atoms with E-state index in [1.54, 1.807) is 60.7 Å². The van der Waals surface area contributed by atoms with E-state index < -0.39 is 34.7 Å². The minimum Gasteiger partial charge on any atom is -0.392 e. The molecule has 2 aromatic carbocycles. The van der Waals surface area contributed by atoms with Crippen LogP contribution in [0.4, 0.5) is 0 Å². The fourth-order valence-corrected chi connectivity index (χ4v) is 3.78. The number of cyclic esters (lactones) is 4. The molecule has 0 radical (unpaired) electrons. The Morgan fingerprint density at radius 3 is 1.52 bits per heavy atom. The Balaban J connectivity index is 2.11. The maximum atomic E-state index is 12.6. The number of carbonyl (C=O) groups excluding carboxylic acids is 4. The van der Waals surface area contributed by atoms with E-state index in [9.17, 15) is 19.2 Å². The first-order valence-electron chi connectivity index (χ1n) is 7.66. The van der Waals surface area contributed by atoms with Crippen LogP contribution in [0, 0.1) is 5.41 Å². The summed E-state index contributed by atoms with van der Waals surface area (Å²) in [7, 11) is 0. The van der Waals surface area contributed by atoms with Crippen molar-refractivity contribution in [2.24, 2.45) is 5.41 Å². The van der Waals surface area contributed by atoms with Crippen LogP contribution in [-0.4, -0.2) is 23.9 Å². The number of ether oxygens (including phenoxy) is 2. The molecule has 0 bridgehead atoms. The van der Waals surface area contributed by atoms with Crippen molar-refractivity contribution < 1.29 is 28.7 Å². The minimum absolute atomic E-state index is 0.326. The SMILES string of the molecule is O=C1CC(c2ccccc2)(c2ccccc2)C2(C(=O)O1)C(=O)OC2=O. The van der Waals surface area contributed by atoms with Crippen molar-refractivity contribution in [3.05, 3.63) is 71.8 Å². The minimum atomic E-state index is -2.20. The molecule has 2 aromatic rings. The van der Waals surface area contributed by atoms with Crippen molar-refractivity contribution in [1.82, 2.24) is 0 Å². The van der Waals surface area contributed by atoms with E-state index in [0.29, 0.717) is 11.1 Å². The quantitative estimate of drug-likeness (QED) is 0.610. The zero-order valence-electron chi connectivity index (χ0n) is 12.9. The molecule has 124 valence electrons. The molecule has 4 rings (SSSR count). The highest BCUT2D eigenvalue weighted by atomic mass is 16.6. The number of hydrogen-bond donors (Lipinski definition) is 0. The number of benzene rings is 2. The smallest absolute Gasteiger partial charge is 0.344 e. The molecule has 25 heavy (non-hydrogen) atoms. The lowest BCUT2D eigenvalue weighted by molar-refractivity contribution is -0.215. The van der Waals surface area contributed by atoms with Crippen molar-refractivity contribution in [3.63, 3.8) is 0 Å². The van der Waals surface area contributed by atoms with Crippen LogP contribution in [0.1, 0.15) is 17.5 Å². The Kier molecular flexibility index (Phi) is 3.12.